The van der Waals surface area contributed by atoms with Gasteiger partial charge in [0.1, 0.15) is 5.69 Å². The predicted molar refractivity (Wildman–Crippen MR) is 139 cm³/mol. The molecule has 0 aliphatic carbocycles. The zero-order valence-corrected chi connectivity index (χ0v) is 21.4. The molecule has 1 aromatic heterocycles. The molecule has 0 radical (unpaired) electrons. The number of nitrogens with one attached hydrogen (secondary N) is 1. The lowest BCUT2D eigenvalue weighted by Crippen LogP contribution is -2.30. The molecule has 0 bridgehead atoms. The lowest BCUT2D eigenvalue weighted by molar-refractivity contribution is 0.0940. The molecule has 1 heterocycles. The van der Waals surface area contributed by atoms with Crippen molar-refractivity contribution in [3.63, 3.8) is 0 Å². The number of carbonyl (C=O) groups is 1. The second kappa shape index (κ2) is 11.1. The molecule has 0 spiro atoms. The molecule has 0 saturated heterocycles. The molecule has 0 aliphatic rings. The van der Waals surface area contributed by atoms with E-state index in [1.165, 1.54) is 12.1 Å². The maximum absolute atomic E-state index is 13.3. The second-order valence-corrected chi connectivity index (χ2v) is 9.74. The Morgan fingerprint density at radius 1 is 1.11 bits per heavy atom. The van der Waals surface area contributed by atoms with Crippen molar-refractivity contribution in [2.45, 2.75) is 26.3 Å². The van der Waals surface area contributed by atoms with E-state index in [-0.39, 0.29) is 28.1 Å². The van der Waals surface area contributed by atoms with Gasteiger partial charge >= 0.3 is 0 Å². The first-order valence-corrected chi connectivity index (χ1v) is 12.9. The summed E-state index contributed by atoms with van der Waals surface area (Å²) in [5.41, 5.74) is 3.72. The van der Waals surface area contributed by atoms with E-state index in [0.29, 0.717) is 12.1 Å². The van der Waals surface area contributed by atoms with E-state index in [9.17, 15) is 13.6 Å². The number of amides is 1. The average molecular weight is 526 g/mol. The molecule has 0 aliphatic heterocycles. The van der Waals surface area contributed by atoms with Crippen LogP contribution in [0.5, 0.6) is 0 Å². The molecule has 3 aromatic carbocycles. The summed E-state index contributed by atoms with van der Waals surface area (Å²) in [6.07, 6.45) is 0.382. The first-order chi connectivity index (χ1) is 16.8. The van der Waals surface area contributed by atoms with Gasteiger partial charge in [0.2, 0.25) is 0 Å². The highest BCUT2D eigenvalue weighted by Gasteiger charge is 2.25. The molecule has 1 N–H and O–H groups in total. The summed E-state index contributed by atoms with van der Waals surface area (Å²) in [6, 6.07) is 21.6. The van der Waals surface area contributed by atoms with Gasteiger partial charge in [-0.1, -0.05) is 71.8 Å². The van der Waals surface area contributed by atoms with Crippen LogP contribution in [0.1, 0.15) is 45.7 Å². The summed E-state index contributed by atoms with van der Waals surface area (Å²) < 4.78 is 34.4. The van der Waals surface area contributed by atoms with Gasteiger partial charge in [0, 0.05) is 11.4 Å². The van der Waals surface area contributed by atoms with Gasteiger partial charge in [0.05, 0.1) is 40.3 Å². The number of benzene rings is 3. The number of anilines is 2. The lowest BCUT2D eigenvalue weighted by atomic mass is 10.1. The number of halogens is 1. The molecule has 2 unspecified atom stereocenters. The van der Waals surface area contributed by atoms with Gasteiger partial charge in [-0.15, -0.1) is 0 Å². The first-order valence-electron chi connectivity index (χ1n) is 10.8. The third kappa shape index (κ3) is 5.94. The number of hydrogen-bond donors (Lipinski definition) is 1. The highest BCUT2D eigenvalue weighted by molar-refractivity contribution is 7.81. The van der Waals surface area contributed by atoms with Crippen LogP contribution in [-0.2, 0) is 17.7 Å². The zero-order valence-electron chi connectivity index (χ0n) is 19.0. The Morgan fingerprint density at radius 3 is 2.51 bits per heavy atom. The molecular formula is C25H22ClN4O3S2-. The maximum atomic E-state index is 13.3. The monoisotopic (exact) mass is 525 g/mol. The van der Waals surface area contributed by atoms with Gasteiger partial charge in [0.25, 0.3) is 5.91 Å². The third-order valence-corrected chi connectivity index (χ3v) is 6.90. The van der Waals surface area contributed by atoms with Crippen LogP contribution in [0.15, 0.2) is 72.8 Å². The summed E-state index contributed by atoms with van der Waals surface area (Å²) in [5, 5.41) is 3.23. The fraction of sp³-hybridized carbons (Fsp3) is 0.160. The van der Waals surface area contributed by atoms with E-state index < -0.39 is 17.2 Å². The Bertz CT molecular complexity index is 1350. The van der Waals surface area contributed by atoms with Crippen LogP contribution in [-0.4, -0.2) is 23.4 Å². The summed E-state index contributed by atoms with van der Waals surface area (Å²) in [4.78, 5) is 13.3. The van der Waals surface area contributed by atoms with Crippen LogP contribution in [0.25, 0.3) is 0 Å². The van der Waals surface area contributed by atoms with Crippen LogP contribution in [0.4, 0.5) is 11.5 Å². The molecular weight excluding hydrogens is 504 g/mol. The number of aryl methyl sites for hydroxylation is 1. The van der Waals surface area contributed by atoms with Gasteiger partial charge in [0.15, 0.2) is 5.82 Å². The molecule has 4 rings (SSSR count). The van der Waals surface area contributed by atoms with Gasteiger partial charge in [-0.2, -0.15) is 8.75 Å². The van der Waals surface area contributed by atoms with Crippen molar-refractivity contribution in [3.05, 3.63) is 106 Å². The molecule has 0 fully saturated rings. The molecule has 35 heavy (non-hydrogen) atoms. The van der Waals surface area contributed by atoms with Gasteiger partial charge in [-0.25, -0.2) is 0 Å². The number of nitrogens with zero attached hydrogens (tertiary/aromatic N) is 3. The molecule has 4 aromatic rings. The van der Waals surface area contributed by atoms with E-state index in [4.69, 9.17) is 11.6 Å². The van der Waals surface area contributed by atoms with Crippen molar-refractivity contribution in [3.8, 4) is 0 Å². The molecule has 0 saturated carbocycles. The van der Waals surface area contributed by atoms with Crippen LogP contribution < -0.4 is 9.62 Å². The first kappa shape index (κ1) is 25.0. The number of aromatic nitrogens is 2. The van der Waals surface area contributed by atoms with Crippen molar-refractivity contribution in [2.75, 3.05) is 4.31 Å². The quantitative estimate of drug-likeness (QED) is 0.306. The number of rotatable bonds is 8. The van der Waals surface area contributed by atoms with Crippen LogP contribution >= 0.6 is 23.3 Å². The molecule has 10 heteroatoms. The average Bonchev–Trinajstić information content (AvgIpc) is 3.27. The minimum absolute atomic E-state index is 0.0986. The normalized spacial score (nSPS) is 12.7. The fourth-order valence-corrected chi connectivity index (χ4v) is 4.97. The Hall–Kier alpha value is -3.11. The van der Waals surface area contributed by atoms with Crippen LogP contribution in [0.2, 0.25) is 5.02 Å². The molecule has 1 amide bonds. The van der Waals surface area contributed by atoms with Crippen LogP contribution in [0.3, 0.4) is 0 Å². The van der Waals surface area contributed by atoms with Crippen molar-refractivity contribution in [2.24, 2.45) is 0 Å². The summed E-state index contributed by atoms with van der Waals surface area (Å²) in [7, 11) is 0. The Labute approximate surface area is 215 Å². The molecule has 180 valence electrons. The Balaban J connectivity index is 1.69. The van der Waals surface area contributed by atoms with E-state index in [1.807, 2.05) is 68.4 Å². The lowest BCUT2D eigenvalue weighted by Gasteiger charge is -2.27. The van der Waals surface area contributed by atoms with Crippen LogP contribution in [0, 0.1) is 6.92 Å². The highest BCUT2D eigenvalue weighted by Crippen LogP contribution is 2.34. The van der Waals surface area contributed by atoms with Crippen molar-refractivity contribution in [1.82, 2.24) is 14.1 Å². The zero-order chi connectivity index (χ0) is 24.9. The fourth-order valence-electron chi connectivity index (χ4n) is 3.60. The van der Waals surface area contributed by atoms with Gasteiger partial charge in [-0.3, -0.25) is 13.3 Å². The smallest absolute Gasteiger partial charge is 0.253 e. The largest absolute Gasteiger partial charge is 0.755 e. The highest BCUT2D eigenvalue weighted by atomic mass is 35.5. The molecule has 2 atom stereocenters. The number of carbonyl (C=O) groups excluding carboxylic acids is 1. The van der Waals surface area contributed by atoms with E-state index in [0.717, 1.165) is 32.7 Å². The molecule has 7 nitrogen and oxygen atoms in total. The predicted octanol–water partition coefficient (Wildman–Crippen LogP) is 5.51. The SMILES string of the molecule is Cc1ccc(C(C)NC(=O)c2ccc(Cl)cc2N(c2nsnc2Cc2ccccc2)S(=O)[O-])cc1. The maximum Gasteiger partial charge on any atom is 0.253 e. The summed E-state index contributed by atoms with van der Waals surface area (Å²) in [5.74, 6) is -0.303. The van der Waals surface area contributed by atoms with Crippen molar-refractivity contribution in [1.29, 1.82) is 0 Å². The van der Waals surface area contributed by atoms with Gasteiger partial charge < -0.3 is 9.87 Å². The second-order valence-electron chi connectivity index (χ2n) is 7.98. The number of hydrogen-bond acceptors (Lipinski definition) is 6. The third-order valence-electron chi connectivity index (χ3n) is 5.44. The summed E-state index contributed by atoms with van der Waals surface area (Å²) in [6.45, 7) is 3.86. The van der Waals surface area contributed by atoms with E-state index in [1.54, 1.807) is 6.07 Å². The van der Waals surface area contributed by atoms with Crippen molar-refractivity contribution < 1.29 is 13.6 Å². The minimum Gasteiger partial charge on any atom is -0.755 e. The minimum atomic E-state index is -2.79. The van der Waals surface area contributed by atoms with E-state index in [2.05, 4.69) is 14.1 Å². The van der Waals surface area contributed by atoms with E-state index >= 15 is 0 Å². The topological polar surface area (TPSA) is 98.2 Å². The Kier molecular flexibility index (Phi) is 7.92. The summed E-state index contributed by atoms with van der Waals surface area (Å²) >= 11 is 4.34. The van der Waals surface area contributed by atoms with Gasteiger partial charge in [-0.05, 0) is 43.2 Å². The standard InChI is InChI=1S/C25H23ClN4O3S2/c1-16-8-10-19(11-9-16)17(2)27-25(31)21-13-12-20(26)15-23(21)30(35(32)33)24-22(28-34-29-24)14-18-6-4-3-5-7-18/h3-13,15,17H,14H2,1-2H3,(H,27,31)(H,32,33)/p-1. The Morgan fingerprint density at radius 2 is 1.83 bits per heavy atom. The van der Waals surface area contributed by atoms with Crippen molar-refractivity contribution >= 4 is 52.0 Å².